The summed E-state index contributed by atoms with van der Waals surface area (Å²) in [5, 5.41) is 25.2. The minimum absolute atomic E-state index is 0.231. The number of fused-ring (bicyclic) bond motifs is 1. The molecule has 1 aromatic carbocycles. The Morgan fingerprint density at radius 2 is 1.92 bits per heavy atom. The van der Waals surface area contributed by atoms with Crippen molar-refractivity contribution in [3.05, 3.63) is 76.9 Å². The smallest absolute Gasteiger partial charge is 0.138 e. The van der Waals surface area contributed by atoms with E-state index in [1.807, 2.05) is 48.0 Å². The van der Waals surface area contributed by atoms with Gasteiger partial charge >= 0.3 is 0 Å². The van der Waals surface area contributed by atoms with Crippen molar-refractivity contribution in [2.24, 2.45) is 0 Å². The minimum Gasteiger partial charge on any atom is -0.506 e. The molecule has 3 aromatic rings. The maximum atomic E-state index is 10.6. The predicted molar refractivity (Wildman–Crippen MR) is 97.5 cm³/mol. The molecule has 0 bridgehead atoms. The first-order valence-electron chi connectivity index (χ1n) is 8.77. The summed E-state index contributed by atoms with van der Waals surface area (Å²) < 4.78 is 1.96. The van der Waals surface area contributed by atoms with Crippen LogP contribution in [0.3, 0.4) is 0 Å². The summed E-state index contributed by atoms with van der Waals surface area (Å²) in [5.41, 5.74) is 4.17. The van der Waals surface area contributed by atoms with Gasteiger partial charge in [-0.25, -0.2) is 0 Å². The maximum absolute atomic E-state index is 10.6. The van der Waals surface area contributed by atoms with E-state index in [1.54, 1.807) is 12.1 Å². The number of aryl methyl sites for hydroxylation is 1. The molecule has 134 valence electrons. The van der Waals surface area contributed by atoms with Crippen LogP contribution in [-0.4, -0.2) is 36.4 Å². The maximum Gasteiger partial charge on any atom is 0.138 e. The van der Waals surface area contributed by atoms with Crippen molar-refractivity contribution in [2.75, 3.05) is 6.54 Å². The number of aliphatic hydroxyl groups excluding tert-OH is 1. The number of rotatable bonds is 4. The van der Waals surface area contributed by atoms with Gasteiger partial charge in [0.2, 0.25) is 0 Å². The summed E-state index contributed by atoms with van der Waals surface area (Å²) in [6.45, 7) is 4.80. The summed E-state index contributed by atoms with van der Waals surface area (Å²) in [4.78, 5) is 6.68. The monoisotopic (exact) mass is 350 g/mol. The Bertz CT molecular complexity index is 907. The molecule has 1 aliphatic rings. The first kappa shape index (κ1) is 16.8. The molecule has 26 heavy (non-hydrogen) atoms. The second kappa shape index (κ2) is 6.90. The summed E-state index contributed by atoms with van der Waals surface area (Å²) in [5.74, 6) is 0.231. The number of aromatic hydroxyl groups is 1. The average Bonchev–Trinajstić information content (AvgIpc) is 3.08. The fraction of sp³-hybridized carbons (Fsp3) is 0.300. The van der Waals surface area contributed by atoms with E-state index in [0.717, 1.165) is 30.0 Å². The van der Waals surface area contributed by atoms with E-state index in [1.165, 1.54) is 0 Å². The molecule has 3 heterocycles. The molecule has 0 saturated carbocycles. The largest absolute Gasteiger partial charge is 0.506 e. The number of benzene rings is 1. The molecule has 0 radical (unpaired) electrons. The van der Waals surface area contributed by atoms with Crippen molar-refractivity contribution < 1.29 is 10.2 Å². The van der Waals surface area contributed by atoms with Gasteiger partial charge < -0.3 is 10.2 Å². The van der Waals surface area contributed by atoms with Crippen LogP contribution in [-0.2, 0) is 19.6 Å². The van der Waals surface area contributed by atoms with E-state index >= 15 is 0 Å². The van der Waals surface area contributed by atoms with Gasteiger partial charge in [0.1, 0.15) is 11.9 Å². The highest BCUT2D eigenvalue weighted by Gasteiger charge is 2.22. The normalized spacial score (nSPS) is 15.6. The quantitative estimate of drug-likeness (QED) is 0.756. The van der Waals surface area contributed by atoms with E-state index < -0.39 is 6.10 Å². The lowest BCUT2D eigenvalue weighted by Gasteiger charge is -2.27. The van der Waals surface area contributed by atoms with E-state index in [0.29, 0.717) is 24.5 Å². The van der Waals surface area contributed by atoms with Gasteiger partial charge in [-0.1, -0.05) is 30.3 Å². The fourth-order valence-corrected chi connectivity index (χ4v) is 3.35. The molecule has 0 fully saturated rings. The van der Waals surface area contributed by atoms with Crippen LogP contribution in [0.4, 0.5) is 0 Å². The first-order chi connectivity index (χ1) is 12.6. The molecule has 4 rings (SSSR count). The number of hydrogen-bond acceptors (Lipinski definition) is 5. The predicted octanol–water partition coefficient (Wildman–Crippen LogP) is 2.39. The molecule has 0 aliphatic carbocycles. The summed E-state index contributed by atoms with van der Waals surface area (Å²) in [6.07, 6.45) is -0.717. The number of aliphatic hydroxyl groups is 1. The topological polar surface area (TPSA) is 74.4 Å². The molecule has 6 nitrogen and oxygen atoms in total. The number of aromatic nitrogens is 3. The van der Waals surface area contributed by atoms with Gasteiger partial charge in [-0.05, 0) is 30.7 Å². The van der Waals surface area contributed by atoms with Gasteiger partial charge in [-0.3, -0.25) is 14.6 Å². The lowest BCUT2D eigenvalue weighted by molar-refractivity contribution is 0.197. The molecule has 0 spiro atoms. The number of nitrogens with zero attached hydrogens (tertiary/aromatic N) is 4. The third-order valence-electron chi connectivity index (χ3n) is 4.75. The third-order valence-corrected chi connectivity index (χ3v) is 4.75. The third kappa shape index (κ3) is 3.34. The van der Waals surface area contributed by atoms with E-state index in [4.69, 9.17) is 0 Å². The van der Waals surface area contributed by atoms with E-state index in [9.17, 15) is 10.2 Å². The standard InChI is InChI=1S/C20H22N4O2/c1-14-7-8-19(25)18(21-14)13-23-9-10-24-16(12-23)11-17(22-24)20(26)15-5-3-2-4-6-15/h2-8,11,20,25-26H,9-10,12-13H2,1H3/t20-/m1/s1. The molecule has 6 heteroatoms. The molecule has 0 unspecified atom stereocenters. The summed E-state index contributed by atoms with van der Waals surface area (Å²) in [6, 6.07) is 15.0. The average molecular weight is 350 g/mol. The number of hydrogen-bond donors (Lipinski definition) is 2. The molecule has 0 saturated heterocycles. The van der Waals surface area contributed by atoms with Gasteiger partial charge in [0.05, 0.1) is 23.6 Å². The van der Waals surface area contributed by atoms with Crippen molar-refractivity contribution in [1.29, 1.82) is 0 Å². The van der Waals surface area contributed by atoms with Crippen molar-refractivity contribution in [1.82, 2.24) is 19.7 Å². The lowest BCUT2D eigenvalue weighted by Crippen LogP contribution is -2.33. The molecular weight excluding hydrogens is 328 g/mol. The lowest BCUT2D eigenvalue weighted by atomic mass is 10.1. The Morgan fingerprint density at radius 3 is 2.73 bits per heavy atom. The van der Waals surface area contributed by atoms with Crippen molar-refractivity contribution in [3.8, 4) is 5.75 Å². The van der Waals surface area contributed by atoms with Gasteiger partial charge in [0.15, 0.2) is 0 Å². The van der Waals surface area contributed by atoms with Crippen LogP contribution >= 0.6 is 0 Å². The van der Waals surface area contributed by atoms with Gasteiger partial charge in [-0.2, -0.15) is 5.10 Å². The minimum atomic E-state index is -0.717. The molecular formula is C20H22N4O2. The highest BCUT2D eigenvalue weighted by Crippen LogP contribution is 2.25. The Morgan fingerprint density at radius 1 is 1.12 bits per heavy atom. The van der Waals surface area contributed by atoms with Crippen LogP contribution in [0.2, 0.25) is 0 Å². The zero-order chi connectivity index (χ0) is 18.1. The van der Waals surface area contributed by atoms with Crippen LogP contribution in [0.15, 0.2) is 48.5 Å². The van der Waals surface area contributed by atoms with E-state index in [-0.39, 0.29) is 5.75 Å². The van der Waals surface area contributed by atoms with Crippen molar-refractivity contribution in [3.63, 3.8) is 0 Å². The Balaban J connectivity index is 1.51. The van der Waals surface area contributed by atoms with Gasteiger partial charge in [0, 0.05) is 25.3 Å². The van der Waals surface area contributed by atoms with Crippen molar-refractivity contribution >= 4 is 0 Å². The highest BCUT2D eigenvalue weighted by atomic mass is 16.3. The molecule has 1 aliphatic heterocycles. The second-order valence-corrected chi connectivity index (χ2v) is 6.73. The molecule has 2 aromatic heterocycles. The zero-order valence-corrected chi connectivity index (χ0v) is 14.7. The summed E-state index contributed by atoms with van der Waals surface area (Å²) >= 11 is 0. The van der Waals surface area contributed by atoms with Crippen molar-refractivity contribution in [2.45, 2.75) is 32.7 Å². The molecule has 2 N–H and O–H groups in total. The van der Waals surface area contributed by atoms with E-state index in [2.05, 4.69) is 15.0 Å². The van der Waals surface area contributed by atoms with Crippen LogP contribution < -0.4 is 0 Å². The van der Waals surface area contributed by atoms with Crippen LogP contribution in [0, 0.1) is 6.92 Å². The number of pyridine rings is 1. The Labute approximate surface area is 152 Å². The van der Waals surface area contributed by atoms with Gasteiger partial charge in [-0.15, -0.1) is 0 Å². The van der Waals surface area contributed by atoms with Crippen LogP contribution in [0.25, 0.3) is 0 Å². The zero-order valence-electron chi connectivity index (χ0n) is 14.7. The first-order valence-corrected chi connectivity index (χ1v) is 8.77. The SMILES string of the molecule is Cc1ccc(O)c(CN2CCn3nc([C@H](O)c4ccccc4)cc3C2)n1. The Kier molecular flexibility index (Phi) is 4.44. The van der Waals surface area contributed by atoms with Gasteiger partial charge in [0.25, 0.3) is 0 Å². The van der Waals surface area contributed by atoms with Crippen LogP contribution in [0.5, 0.6) is 5.75 Å². The second-order valence-electron chi connectivity index (χ2n) is 6.73. The van der Waals surface area contributed by atoms with Crippen LogP contribution in [0.1, 0.15) is 34.4 Å². The molecule has 0 amide bonds. The highest BCUT2D eigenvalue weighted by molar-refractivity contribution is 5.29. The molecule has 1 atom stereocenters. The summed E-state index contributed by atoms with van der Waals surface area (Å²) in [7, 11) is 0. The Hall–Kier alpha value is -2.70. The fourth-order valence-electron chi connectivity index (χ4n) is 3.35.